The Labute approximate surface area is 186 Å². The van der Waals surface area contributed by atoms with Gasteiger partial charge in [-0.3, -0.25) is 9.89 Å². The number of hydrogen-bond donors (Lipinski definition) is 1. The molecule has 0 amide bonds. The van der Waals surface area contributed by atoms with Crippen molar-refractivity contribution in [3.63, 3.8) is 0 Å². The lowest BCUT2D eigenvalue weighted by molar-refractivity contribution is 0.0392. The maximum Gasteiger partial charge on any atom is 0.193 e. The fraction of sp³-hybridized carbons (Fsp3) is 0.696. The van der Waals surface area contributed by atoms with Crippen LogP contribution >= 0.6 is 11.8 Å². The van der Waals surface area contributed by atoms with Crippen molar-refractivity contribution in [1.82, 2.24) is 15.1 Å². The number of aliphatic imine (C=N–C) groups is 1. The highest BCUT2D eigenvalue weighted by atomic mass is 32.2. The molecule has 0 aromatic heterocycles. The van der Waals surface area contributed by atoms with Crippen LogP contribution in [0, 0.1) is 0 Å². The molecule has 7 heteroatoms. The second kappa shape index (κ2) is 12.4. The maximum absolute atomic E-state index is 6.04. The first kappa shape index (κ1) is 23.2. The van der Waals surface area contributed by atoms with E-state index in [1.807, 2.05) is 13.1 Å². The summed E-state index contributed by atoms with van der Waals surface area (Å²) in [6.07, 6.45) is 3.45. The number of likely N-dealkylation sites (N-methyl/N-ethyl adjacent to an activating group) is 1. The van der Waals surface area contributed by atoms with E-state index in [2.05, 4.69) is 64.0 Å². The maximum atomic E-state index is 6.04. The lowest BCUT2D eigenvalue weighted by Crippen LogP contribution is -2.47. The smallest absolute Gasteiger partial charge is 0.193 e. The van der Waals surface area contributed by atoms with Crippen LogP contribution in [0.3, 0.4) is 0 Å². The van der Waals surface area contributed by atoms with E-state index in [4.69, 9.17) is 9.47 Å². The minimum Gasteiger partial charge on any atom is -0.492 e. The van der Waals surface area contributed by atoms with Gasteiger partial charge in [0.2, 0.25) is 0 Å². The number of rotatable bonds is 8. The van der Waals surface area contributed by atoms with Crippen molar-refractivity contribution >= 4 is 17.7 Å². The fourth-order valence-corrected chi connectivity index (χ4v) is 5.21. The summed E-state index contributed by atoms with van der Waals surface area (Å²) in [5, 5.41) is 4.24. The van der Waals surface area contributed by atoms with Gasteiger partial charge < -0.3 is 19.7 Å². The average Bonchev–Trinajstić information content (AvgIpc) is 2.80. The molecule has 1 unspecified atom stereocenters. The Morgan fingerprint density at radius 2 is 2.20 bits per heavy atom. The van der Waals surface area contributed by atoms with Crippen LogP contribution in [0.2, 0.25) is 0 Å². The molecule has 1 atom stereocenters. The SMILES string of the molecule is CCC1CN(C(=NC)NCc2cccc(OCCN(C)C3CCOCC3)c2)CCS1. The number of hydrogen-bond acceptors (Lipinski definition) is 5. The van der Waals surface area contributed by atoms with E-state index in [0.29, 0.717) is 17.9 Å². The Balaban J connectivity index is 1.44. The van der Waals surface area contributed by atoms with Gasteiger partial charge in [0, 0.05) is 63.5 Å². The van der Waals surface area contributed by atoms with Crippen LogP contribution < -0.4 is 10.1 Å². The van der Waals surface area contributed by atoms with E-state index < -0.39 is 0 Å². The molecule has 1 N–H and O–H groups in total. The first-order valence-electron chi connectivity index (χ1n) is 11.3. The standard InChI is InChI=1S/C23H38N4O2S/c1-4-22-18-27(11-15-30-22)23(24-2)25-17-19-6-5-7-21(16-19)29-14-10-26(3)20-8-12-28-13-9-20/h5-7,16,20,22H,4,8-15,17-18H2,1-3H3,(H,24,25). The molecule has 6 nitrogen and oxygen atoms in total. The second-order valence-corrected chi connectivity index (χ2v) is 9.48. The Hall–Kier alpha value is -1.44. The molecule has 2 aliphatic rings. The van der Waals surface area contributed by atoms with Crippen molar-refractivity contribution in [2.24, 2.45) is 4.99 Å². The molecule has 2 fully saturated rings. The van der Waals surface area contributed by atoms with Crippen molar-refractivity contribution in [3.8, 4) is 5.75 Å². The van der Waals surface area contributed by atoms with Gasteiger partial charge in [0.25, 0.3) is 0 Å². The molecule has 0 spiro atoms. The quantitative estimate of drug-likeness (QED) is 0.501. The summed E-state index contributed by atoms with van der Waals surface area (Å²) in [6, 6.07) is 9.00. The Bertz CT molecular complexity index is 666. The number of ether oxygens (including phenoxy) is 2. The van der Waals surface area contributed by atoms with Crippen LogP contribution in [-0.4, -0.2) is 86.4 Å². The highest BCUT2D eigenvalue weighted by Crippen LogP contribution is 2.21. The van der Waals surface area contributed by atoms with E-state index in [-0.39, 0.29) is 0 Å². The molecule has 2 saturated heterocycles. The minimum atomic E-state index is 0.616. The topological polar surface area (TPSA) is 49.3 Å². The predicted molar refractivity (Wildman–Crippen MR) is 127 cm³/mol. The molecule has 3 rings (SSSR count). The summed E-state index contributed by atoms with van der Waals surface area (Å²) >= 11 is 2.08. The lowest BCUT2D eigenvalue weighted by atomic mass is 10.1. The van der Waals surface area contributed by atoms with Crippen molar-refractivity contribution in [2.45, 2.75) is 44.0 Å². The molecular formula is C23H38N4O2S. The summed E-state index contributed by atoms with van der Waals surface area (Å²) in [6.45, 7) is 8.56. The molecule has 1 aromatic carbocycles. The molecule has 0 bridgehead atoms. The molecule has 30 heavy (non-hydrogen) atoms. The normalized spacial score (nSPS) is 21.1. The largest absolute Gasteiger partial charge is 0.492 e. The van der Waals surface area contributed by atoms with E-state index in [9.17, 15) is 0 Å². The third-order valence-electron chi connectivity index (χ3n) is 5.98. The molecular weight excluding hydrogens is 396 g/mol. The second-order valence-electron chi connectivity index (χ2n) is 8.07. The van der Waals surface area contributed by atoms with E-state index >= 15 is 0 Å². The lowest BCUT2D eigenvalue weighted by Gasteiger charge is -2.34. The van der Waals surface area contributed by atoms with Crippen molar-refractivity contribution in [1.29, 1.82) is 0 Å². The van der Waals surface area contributed by atoms with Crippen LogP contribution in [0.25, 0.3) is 0 Å². The van der Waals surface area contributed by atoms with Crippen LogP contribution in [-0.2, 0) is 11.3 Å². The molecule has 2 heterocycles. The Morgan fingerprint density at radius 3 is 2.97 bits per heavy atom. The average molecular weight is 435 g/mol. The van der Waals surface area contributed by atoms with Gasteiger partial charge in [-0.05, 0) is 44.0 Å². The van der Waals surface area contributed by atoms with Gasteiger partial charge in [0.15, 0.2) is 5.96 Å². The summed E-state index contributed by atoms with van der Waals surface area (Å²) < 4.78 is 11.5. The van der Waals surface area contributed by atoms with Crippen molar-refractivity contribution in [2.75, 3.05) is 59.3 Å². The first-order chi connectivity index (χ1) is 14.7. The number of guanidine groups is 1. The summed E-state index contributed by atoms with van der Waals surface area (Å²) in [7, 11) is 4.06. The van der Waals surface area contributed by atoms with E-state index in [0.717, 1.165) is 63.9 Å². The molecule has 2 aliphatic heterocycles. The van der Waals surface area contributed by atoms with Crippen LogP contribution in [0.4, 0.5) is 0 Å². The zero-order valence-corrected chi connectivity index (χ0v) is 19.6. The van der Waals surface area contributed by atoms with Crippen LogP contribution in [0.15, 0.2) is 29.3 Å². The zero-order valence-electron chi connectivity index (χ0n) is 18.8. The fourth-order valence-electron chi connectivity index (χ4n) is 4.03. The molecule has 0 saturated carbocycles. The van der Waals surface area contributed by atoms with Crippen molar-refractivity contribution in [3.05, 3.63) is 29.8 Å². The number of benzene rings is 1. The third-order valence-corrected chi connectivity index (χ3v) is 7.35. The Morgan fingerprint density at radius 1 is 1.37 bits per heavy atom. The monoisotopic (exact) mass is 434 g/mol. The van der Waals surface area contributed by atoms with Gasteiger partial charge >= 0.3 is 0 Å². The third kappa shape index (κ3) is 7.06. The number of nitrogens with one attached hydrogen (secondary N) is 1. The predicted octanol–water partition coefficient (Wildman–Crippen LogP) is 3.08. The van der Waals surface area contributed by atoms with Gasteiger partial charge in [-0.1, -0.05) is 19.1 Å². The molecule has 168 valence electrons. The summed E-state index contributed by atoms with van der Waals surface area (Å²) in [5.41, 5.74) is 1.21. The van der Waals surface area contributed by atoms with Gasteiger partial charge in [0.1, 0.15) is 12.4 Å². The minimum absolute atomic E-state index is 0.616. The molecule has 0 aliphatic carbocycles. The Kier molecular flexibility index (Phi) is 9.62. The highest BCUT2D eigenvalue weighted by Gasteiger charge is 2.21. The summed E-state index contributed by atoms with van der Waals surface area (Å²) in [4.78, 5) is 9.30. The van der Waals surface area contributed by atoms with Gasteiger partial charge in [-0.25, -0.2) is 0 Å². The zero-order chi connectivity index (χ0) is 21.2. The number of nitrogens with zero attached hydrogens (tertiary/aromatic N) is 3. The van der Waals surface area contributed by atoms with Crippen LogP contribution in [0.1, 0.15) is 31.7 Å². The van der Waals surface area contributed by atoms with Gasteiger partial charge in [-0.15, -0.1) is 0 Å². The molecule has 1 aromatic rings. The van der Waals surface area contributed by atoms with Crippen molar-refractivity contribution < 1.29 is 9.47 Å². The van der Waals surface area contributed by atoms with E-state index in [1.165, 1.54) is 17.7 Å². The van der Waals surface area contributed by atoms with Gasteiger partial charge in [-0.2, -0.15) is 11.8 Å². The van der Waals surface area contributed by atoms with E-state index in [1.54, 1.807) is 0 Å². The first-order valence-corrected chi connectivity index (χ1v) is 12.3. The van der Waals surface area contributed by atoms with Crippen LogP contribution in [0.5, 0.6) is 5.75 Å². The molecule has 0 radical (unpaired) electrons. The highest BCUT2D eigenvalue weighted by molar-refractivity contribution is 8.00. The number of thioether (sulfide) groups is 1. The summed E-state index contributed by atoms with van der Waals surface area (Å²) in [5.74, 6) is 3.11. The van der Waals surface area contributed by atoms with Gasteiger partial charge in [0.05, 0.1) is 0 Å².